The fourth-order valence-corrected chi connectivity index (χ4v) is 4.58. The SMILES string of the molecule is O=C(CCCN1C(=O)NC2(CCCC2)C1=O)Nc1nc2ccccc2s1. The molecule has 1 aromatic heterocycles. The lowest BCUT2D eigenvalue weighted by atomic mass is 9.98. The van der Waals surface area contributed by atoms with Crippen molar-refractivity contribution >= 4 is 44.5 Å². The van der Waals surface area contributed by atoms with E-state index in [1.807, 2.05) is 24.3 Å². The Kier molecular flexibility index (Phi) is 4.36. The third kappa shape index (κ3) is 3.05. The number of hydrogen-bond donors (Lipinski definition) is 2. The molecule has 1 aliphatic heterocycles. The maximum atomic E-state index is 12.5. The quantitative estimate of drug-likeness (QED) is 0.790. The number of hydrogen-bond acceptors (Lipinski definition) is 5. The average Bonchev–Trinajstić information content (AvgIpc) is 3.29. The Morgan fingerprint density at radius 2 is 2.04 bits per heavy atom. The minimum atomic E-state index is -0.680. The number of amides is 4. The molecule has 136 valence electrons. The van der Waals surface area contributed by atoms with E-state index in [1.54, 1.807) is 0 Å². The van der Waals surface area contributed by atoms with Crippen molar-refractivity contribution in [2.75, 3.05) is 11.9 Å². The molecule has 7 nitrogen and oxygen atoms in total. The maximum Gasteiger partial charge on any atom is 0.325 e. The number of rotatable bonds is 5. The Hall–Kier alpha value is -2.48. The molecule has 4 rings (SSSR count). The molecule has 1 saturated carbocycles. The summed E-state index contributed by atoms with van der Waals surface area (Å²) in [5.41, 5.74) is 0.175. The normalized spacial score (nSPS) is 18.7. The molecule has 1 aliphatic carbocycles. The lowest BCUT2D eigenvalue weighted by Crippen LogP contribution is -2.44. The van der Waals surface area contributed by atoms with Gasteiger partial charge in [0.05, 0.1) is 10.2 Å². The highest BCUT2D eigenvalue weighted by molar-refractivity contribution is 7.22. The average molecular weight is 372 g/mol. The van der Waals surface area contributed by atoms with Crippen LogP contribution in [-0.4, -0.2) is 39.8 Å². The van der Waals surface area contributed by atoms with Crippen molar-refractivity contribution in [3.8, 4) is 0 Å². The second-order valence-corrected chi connectivity index (χ2v) is 7.85. The van der Waals surface area contributed by atoms with Crippen molar-refractivity contribution in [1.82, 2.24) is 15.2 Å². The predicted octanol–water partition coefficient (Wildman–Crippen LogP) is 2.88. The van der Waals surface area contributed by atoms with Crippen molar-refractivity contribution < 1.29 is 14.4 Å². The minimum absolute atomic E-state index is 0.133. The molecular weight excluding hydrogens is 352 g/mol. The van der Waals surface area contributed by atoms with Gasteiger partial charge < -0.3 is 10.6 Å². The van der Waals surface area contributed by atoms with Crippen LogP contribution in [-0.2, 0) is 9.59 Å². The zero-order valence-electron chi connectivity index (χ0n) is 14.3. The number of imide groups is 1. The zero-order chi connectivity index (χ0) is 18.1. The maximum absolute atomic E-state index is 12.5. The first-order chi connectivity index (χ1) is 12.6. The van der Waals surface area contributed by atoms with Gasteiger partial charge in [-0.05, 0) is 31.4 Å². The van der Waals surface area contributed by atoms with Gasteiger partial charge in [-0.1, -0.05) is 36.3 Å². The van der Waals surface area contributed by atoms with E-state index in [0.29, 0.717) is 24.4 Å². The third-order valence-corrected chi connectivity index (χ3v) is 5.98. The summed E-state index contributed by atoms with van der Waals surface area (Å²) < 4.78 is 1.02. The van der Waals surface area contributed by atoms with E-state index in [9.17, 15) is 14.4 Å². The summed E-state index contributed by atoms with van der Waals surface area (Å²) >= 11 is 1.43. The van der Waals surface area contributed by atoms with E-state index in [4.69, 9.17) is 0 Å². The molecule has 0 radical (unpaired) electrons. The topological polar surface area (TPSA) is 91.4 Å². The molecule has 2 fully saturated rings. The molecule has 2 heterocycles. The van der Waals surface area contributed by atoms with Gasteiger partial charge in [0.2, 0.25) is 5.91 Å². The predicted molar refractivity (Wildman–Crippen MR) is 98.9 cm³/mol. The second kappa shape index (κ2) is 6.68. The first-order valence-electron chi connectivity index (χ1n) is 8.87. The summed E-state index contributed by atoms with van der Waals surface area (Å²) in [6.45, 7) is 0.264. The van der Waals surface area contributed by atoms with Gasteiger partial charge in [-0.15, -0.1) is 0 Å². The molecule has 26 heavy (non-hydrogen) atoms. The molecule has 0 bridgehead atoms. The van der Waals surface area contributed by atoms with Gasteiger partial charge in [-0.25, -0.2) is 9.78 Å². The molecule has 2 aliphatic rings. The Morgan fingerprint density at radius 3 is 2.81 bits per heavy atom. The van der Waals surface area contributed by atoms with Crippen molar-refractivity contribution in [2.45, 2.75) is 44.1 Å². The van der Waals surface area contributed by atoms with Crippen molar-refractivity contribution in [3.63, 3.8) is 0 Å². The summed E-state index contributed by atoms with van der Waals surface area (Å²) in [7, 11) is 0. The molecular formula is C18H20N4O3S. The van der Waals surface area contributed by atoms with Gasteiger partial charge in [-0.3, -0.25) is 14.5 Å². The molecule has 0 unspecified atom stereocenters. The van der Waals surface area contributed by atoms with Gasteiger partial charge in [0.25, 0.3) is 5.91 Å². The smallest absolute Gasteiger partial charge is 0.323 e. The summed E-state index contributed by atoms with van der Waals surface area (Å²) in [6.07, 6.45) is 4.03. The molecule has 1 aromatic carbocycles. The van der Waals surface area contributed by atoms with E-state index >= 15 is 0 Å². The summed E-state index contributed by atoms with van der Waals surface area (Å²) in [5, 5.41) is 6.21. The fourth-order valence-electron chi connectivity index (χ4n) is 3.70. The fraction of sp³-hybridized carbons (Fsp3) is 0.444. The first-order valence-corrected chi connectivity index (χ1v) is 9.69. The van der Waals surface area contributed by atoms with Crippen LogP contribution in [0.4, 0.5) is 9.93 Å². The summed E-state index contributed by atoms with van der Waals surface area (Å²) in [4.78, 5) is 42.4. The van der Waals surface area contributed by atoms with Crippen LogP contribution >= 0.6 is 11.3 Å². The Balaban J connectivity index is 1.29. The van der Waals surface area contributed by atoms with Gasteiger partial charge >= 0.3 is 6.03 Å². The number of para-hydroxylation sites is 1. The van der Waals surface area contributed by atoms with E-state index in [1.165, 1.54) is 16.2 Å². The molecule has 4 amide bonds. The van der Waals surface area contributed by atoms with Crippen LogP contribution in [0.2, 0.25) is 0 Å². The number of urea groups is 1. The molecule has 2 aromatic rings. The highest BCUT2D eigenvalue weighted by Crippen LogP contribution is 2.35. The van der Waals surface area contributed by atoms with Crippen LogP contribution in [0.3, 0.4) is 0 Å². The van der Waals surface area contributed by atoms with E-state index in [-0.39, 0.29) is 30.8 Å². The Labute approximate surface area is 154 Å². The molecule has 1 spiro atoms. The first kappa shape index (κ1) is 17.0. The van der Waals surface area contributed by atoms with Gasteiger partial charge in [0.15, 0.2) is 5.13 Å². The van der Waals surface area contributed by atoms with E-state index in [0.717, 1.165) is 23.1 Å². The number of carbonyl (C=O) groups is 3. The summed E-state index contributed by atoms with van der Waals surface area (Å²) in [5.74, 6) is -0.293. The second-order valence-electron chi connectivity index (χ2n) is 6.81. The number of nitrogens with one attached hydrogen (secondary N) is 2. The number of benzene rings is 1. The third-order valence-electron chi connectivity index (χ3n) is 5.03. The van der Waals surface area contributed by atoms with Crippen LogP contribution in [0.25, 0.3) is 10.2 Å². The standard InChI is InChI=1S/C18H20N4O3S/c23-14(20-16-19-12-6-1-2-7-13(12)26-16)8-5-11-22-15(24)18(21-17(22)25)9-3-4-10-18/h1-2,6-7H,3-5,8-11H2,(H,21,25)(H,19,20,23). The van der Waals surface area contributed by atoms with Crippen LogP contribution in [0.15, 0.2) is 24.3 Å². The van der Waals surface area contributed by atoms with E-state index < -0.39 is 5.54 Å². The van der Waals surface area contributed by atoms with Crippen molar-refractivity contribution in [2.24, 2.45) is 0 Å². The largest absolute Gasteiger partial charge is 0.325 e. The number of carbonyl (C=O) groups excluding carboxylic acids is 3. The molecule has 1 saturated heterocycles. The number of thiazole rings is 1. The molecule has 8 heteroatoms. The van der Waals surface area contributed by atoms with Gasteiger partial charge in [-0.2, -0.15) is 0 Å². The number of anilines is 1. The van der Waals surface area contributed by atoms with Gasteiger partial charge in [0, 0.05) is 13.0 Å². The Bertz CT molecular complexity index is 839. The van der Waals surface area contributed by atoms with E-state index in [2.05, 4.69) is 15.6 Å². The number of aromatic nitrogens is 1. The van der Waals surface area contributed by atoms with Crippen LogP contribution in [0.1, 0.15) is 38.5 Å². The van der Waals surface area contributed by atoms with Crippen molar-refractivity contribution in [3.05, 3.63) is 24.3 Å². The van der Waals surface area contributed by atoms with Gasteiger partial charge in [0.1, 0.15) is 5.54 Å². The van der Waals surface area contributed by atoms with Crippen molar-refractivity contribution in [1.29, 1.82) is 0 Å². The number of nitrogens with zero attached hydrogens (tertiary/aromatic N) is 2. The minimum Gasteiger partial charge on any atom is -0.323 e. The zero-order valence-corrected chi connectivity index (χ0v) is 15.1. The molecule has 2 N–H and O–H groups in total. The highest BCUT2D eigenvalue weighted by atomic mass is 32.1. The van der Waals surface area contributed by atoms with Crippen LogP contribution in [0, 0.1) is 0 Å². The number of fused-ring (bicyclic) bond motifs is 1. The van der Waals surface area contributed by atoms with Crippen LogP contribution < -0.4 is 10.6 Å². The van der Waals surface area contributed by atoms with Crippen LogP contribution in [0.5, 0.6) is 0 Å². The monoisotopic (exact) mass is 372 g/mol. The lowest BCUT2D eigenvalue weighted by molar-refractivity contribution is -0.131. The lowest BCUT2D eigenvalue weighted by Gasteiger charge is -2.19. The molecule has 0 atom stereocenters. The summed E-state index contributed by atoms with van der Waals surface area (Å²) in [6, 6.07) is 7.37. The Morgan fingerprint density at radius 1 is 1.27 bits per heavy atom. The highest BCUT2D eigenvalue weighted by Gasteiger charge is 2.51.